The van der Waals surface area contributed by atoms with E-state index in [1.54, 1.807) is 48.5 Å². The summed E-state index contributed by atoms with van der Waals surface area (Å²) >= 11 is 0. The second-order valence-electron chi connectivity index (χ2n) is 5.08. The number of para-hydroxylation sites is 1. The van der Waals surface area contributed by atoms with Gasteiger partial charge in [-0.2, -0.15) is 5.26 Å². The van der Waals surface area contributed by atoms with Gasteiger partial charge in [0.15, 0.2) is 0 Å². The number of carbonyl (C=O) groups excluding carboxylic acids is 2. The lowest BCUT2D eigenvalue weighted by molar-refractivity contribution is -0.143. The first-order chi connectivity index (χ1) is 12.1. The number of ether oxygens (including phenoxy) is 2. The third-order valence-electron chi connectivity index (χ3n) is 3.28. The molecule has 2 aromatic rings. The van der Waals surface area contributed by atoms with Gasteiger partial charge < -0.3 is 14.8 Å². The molecule has 0 atom stereocenters. The average molecular weight is 338 g/mol. The van der Waals surface area contributed by atoms with Crippen molar-refractivity contribution in [2.75, 3.05) is 13.2 Å². The van der Waals surface area contributed by atoms with Gasteiger partial charge in [-0.3, -0.25) is 9.59 Å². The van der Waals surface area contributed by atoms with E-state index in [1.165, 1.54) is 0 Å². The van der Waals surface area contributed by atoms with Crippen molar-refractivity contribution in [2.45, 2.75) is 13.5 Å². The number of amides is 1. The number of nitrogens with one attached hydrogen (secondary N) is 1. The first-order valence-corrected chi connectivity index (χ1v) is 7.78. The zero-order valence-electron chi connectivity index (χ0n) is 13.8. The summed E-state index contributed by atoms with van der Waals surface area (Å²) in [7, 11) is 0. The molecular formula is C19H18N2O4. The van der Waals surface area contributed by atoms with Crippen LogP contribution in [0.15, 0.2) is 48.5 Å². The van der Waals surface area contributed by atoms with Crippen LogP contribution in [0.25, 0.3) is 0 Å². The molecule has 6 nitrogen and oxygen atoms in total. The molecule has 6 heteroatoms. The van der Waals surface area contributed by atoms with E-state index in [4.69, 9.17) is 14.7 Å². The molecule has 2 aromatic carbocycles. The maximum atomic E-state index is 12.2. The molecule has 0 fully saturated rings. The van der Waals surface area contributed by atoms with E-state index in [1.807, 2.05) is 13.0 Å². The number of esters is 1. The predicted octanol–water partition coefficient (Wildman–Crippen LogP) is 2.43. The summed E-state index contributed by atoms with van der Waals surface area (Å²) in [5.74, 6) is -0.513. The molecule has 0 aliphatic heterocycles. The molecule has 0 unspecified atom stereocenters. The van der Waals surface area contributed by atoms with E-state index < -0.39 is 11.9 Å². The van der Waals surface area contributed by atoms with Gasteiger partial charge in [-0.15, -0.1) is 0 Å². The van der Waals surface area contributed by atoms with Crippen molar-refractivity contribution < 1.29 is 19.1 Å². The fourth-order valence-electron chi connectivity index (χ4n) is 2.13. The van der Waals surface area contributed by atoms with Crippen molar-refractivity contribution in [3.05, 3.63) is 65.2 Å². The number of nitriles is 1. The fraction of sp³-hybridized carbons (Fsp3) is 0.211. The lowest BCUT2D eigenvalue weighted by atomic mass is 10.1. The van der Waals surface area contributed by atoms with Crippen molar-refractivity contribution >= 4 is 11.9 Å². The topological polar surface area (TPSA) is 88.4 Å². The van der Waals surface area contributed by atoms with Gasteiger partial charge in [0.2, 0.25) is 0 Å². The van der Waals surface area contributed by atoms with Crippen LogP contribution in [0.2, 0.25) is 0 Å². The zero-order valence-corrected chi connectivity index (χ0v) is 13.8. The Morgan fingerprint density at radius 2 is 1.96 bits per heavy atom. The Labute approximate surface area is 146 Å². The van der Waals surface area contributed by atoms with Gasteiger partial charge in [0.1, 0.15) is 18.9 Å². The highest BCUT2D eigenvalue weighted by molar-refractivity contribution is 5.98. The summed E-state index contributed by atoms with van der Waals surface area (Å²) in [5, 5.41) is 11.3. The first kappa shape index (κ1) is 18.0. The van der Waals surface area contributed by atoms with E-state index in [0.29, 0.717) is 29.0 Å². The summed E-state index contributed by atoms with van der Waals surface area (Å²) in [6.07, 6.45) is 0. The molecule has 0 saturated heterocycles. The summed E-state index contributed by atoms with van der Waals surface area (Å²) in [5.41, 5.74) is 1.56. The molecule has 25 heavy (non-hydrogen) atoms. The number of rotatable bonds is 7. The minimum atomic E-state index is -0.565. The Hall–Kier alpha value is -3.33. The van der Waals surface area contributed by atoms with Gasteiger partial charge in [-0.05, 0) is 36.8 Å². The minimum absolute atomic E-state index is 0.0414. The van der Waals surface area contributed by atoms with Gasteiger partial charge in [0, 0.05) is 0 Å². The van der Waals surface area contributed by atoms with E-state index in [0.717, 1.165) is 0 Å². The Morgan fingerprint density at radius 3 is 2.72 bits per heavy atom. The number of carbonyl (C=O) groups is 2. The van der Waals surface area contributed by atoms with Gasteiger partial charge in [0.25, 0.3) is 5.91 Å². The molecule has 0 heterocycles. The Balaban J connectivity index is 1.85. The highest BCUT2D eigenvalue weighted by Crippen LogP contribution is 2.17. The van der Waals surface area contributed by atoms with Gasteiger partial charge in [0.05, 0.1) is 23.8 Å². The second-order valence-corrected chi connectivity index (χ2v) is 5.08. The van der Waals surface area contributed by atoms with Crippen LogP contribution in [-0.2, 0) is 16.1 Å². The van der Waals surface area contributed by atoms with Crippen LogP contribution < -0.4 is 10.1 Å². The number of benzene rings is 2. The Morgan fingerprint density at radius 1 is 1.16 bits per heavy atom. The second kappa shape index (κ2) is 9.08. The third kappa shape index (κ3) is 5.36. The van der Waals surface area contributed by atoms with E-state index in [2.05, 4.69) is 5.32 Å². The van der Waals surface area contributed by atoms with Crippen molar-refractivity contribution in [1.29, 1.82) is 5.26 Å². The summed E-state index contributed by atoms with van der Waals surface area (Å²) in [6.45, 7) is 2.05. The summed E-state index contributed by atoms with van der Waals surface area (Å²) in [6, 6.07) is 15.6. The normalized spacial score (nSPS) is 9.76. The molecule has 0 aromatic heterocycles. The Kier molecular flexibility index (Phi) is 6.55. The zero-order chi connectivity index (χ0) is 18.1. The molecule has 0 aliphatic carbocycles. The molecule has 0 aliphatic rings. The highest BCUT2D eigenvalue weighted by Gasteiger charge is 2.13. The number of nitrogens with zero attached hydrogens (tertiary/aromatic N) is 1. The summed E-state index contributed by atoms with van der Waals surface area (Å²) < 4.78 is 10.5. The molecule has 0 bridgehead atoms. The van der Waals surface area contributed by atoms with Crippen molar-refractivity contribution in [3.63, 3.8) is 0 Å². The highest BCUT2D eigenvalue weighted by atomic mass is 16.5. The van der Waals surface area contributed by atoms with Crippen LogP contribution in [0.3, 0.4) is 0 Å². The predicted molar refractivity (Wildman–Crippen MR) is 90.9 cm³/mol. The largest absolute Gasteiger partial charge is 0.493 e. The van der Waals surface area contributed by atoms with Crippen LogP contribution in [-0.4, -0.2) is 25.0 Å². The Bertz CT molecular complexity index is 796. The lowest BCUT2D eigenvalue weighted by Crippen LogP contribution is -2.30. The average Bonchev–Trinajstić information content (AvgIpc) is 2.65. The van der Waals surface area contributed by atoms with Gasteiger partial charge in [-0.25, -0.2) is 0 Å². The first-order valence-electron chi connectivity index (χ1n) is 7.78. The third-order valence-corrected chi connectivity index (χ3v) is 3.28. The number of hydrogen-bond acceptors (Lipinski definition) is 5. The molecular weight excluding hydrogens is 320 g/mol. The number of hydrogen-bond donors (Lipinski definition) is 1. The monoisotopic (exact) mass is 338 g/mol. The van der Waals surface area contributed by atoms with Crippen LogP contribution in [0.4, 0.5) is 0 Å². The maximum absolute atomic E-state index is 12.2. The fourth-order valence-corrected chi connectivity index (χ4v) is 2.13. The van der Waals surface area contributed by atoms with E-state index in [9.17, 15) is 9.59 Å². The van der Waals surface area contributed by atoms with Gasteiger partial charge >= 0.3 is 5.97 Å². The minimum Gasteiger partial charge on any atom is -0.493 e. The van der Waals surface area contributed by atoms with E-state index in [-0.39, 0.29) is 13.2 Å². The van der Waals surface area contributed by atoms with E-state index >= 15 is 0 Å². The van der Waals surface area contributed by atoms with Crippen LogP contribution in [0.1, 0.15) is 28.4 Å². The molecule has 1 amide bonds. The van der Waals surface area contributed by atoms with Crippen LogP contribution in [0, 0.1) is 11.3 Å². The van der Waals surface area contributed by atoms with Gasteiger partial charge in [-0.1, -0.05) is 24.3 Å². The smallest absolute Gasteiger partial charge is 0.325 e. The maximum Gasteiger partial charge on any atom is 0.325 e. The van der Waals surface area contributed by atoms with Crippen molar-refractivity contribution in [3.8, 4) is 11.8 Å². The van der Waals surface area contributed by atoms with Crippen LogP contribution in [0.5, 0.6) is 5.75 Å². The molecule has 0 saturated carbocycles. The lowest BCUT2D eigenvalue weighted by Gasteiger charge is -2.10. The SMILES string of the molecule is CCOc1ccccc1C(=O)NCC(=O)OCc1cccc(C#N)c1. The van der Waals surface area contributed by atoms with Crippen LogP contribution >= 0.6 is 0 Å². The van der Waals surface area contributed by atoms with Crippen molar-refractivity contribution in [2.24, 2.45) is 0 Å². The molecule has 1 N–H and O–H groups in total. The molecule has 0 spiro atoms. The molecule has 128 valence electrons. The molecule has 0 radical (unpaired) electrons. The summed E-state index contributed by atoms with van der Waals surface area (Å²) in [4.78, 5) is 24.0. The standard InChI is InChI=1S/C19H18N2O4/c1-2-24-17-9-4-3-8-16(17)19(23)21-12-18(22)25-13-15-7-5-6-14(10-15)11-20/h3-10H,2,12-13H2,1H3,(H,21,23). The quantitative estimate of drug-likeness (QED) is 0.783. The molecule has 2 rings (SSSR count). The van der Waals surface area contributed by atoms with Crippen molar-refractivity contribution in [1.82, 2.24) is 5.32 Å².